The van der Waals surface area contributed by atoms with Gasteiger partial charge in [0, 0.05) is 25.3 Å². The summed E-state index contributed by atoms with van der Waals surface area (Å²) < 4.78 is 26.0. The zero-order valence-corrected chi connectivity index (χ0v) is 22.8. The number of aryl methyl sites for hydroxylation is 2. The van der Waals surface area contributed by atoms with Gasteiger partial charge in [-0.15, -0.1) is 0 Å². The Labute approximate surface area is 222 Å². The number of piperidine rings is 1. The van der Waals surface area contributed by atoms with Gasteiger partial charge in [0.05, 0.1) is 5.25 Å². The van der Waals surface area contributed by atoms with Gasteiger partial charge in [-0.05, 0) is 82.6 Å². The second-order valence-corrected chi connectivity index (χ2v) is 11.8. The summed E-state index contributed by atoms with van der Waals surface area (Å²) in [5, 5.41) is 12.5. The topological polar surface area (TPSA) is 141 Å². The highest BCUT2D eigenvalue weighted by molar-refractivity contribution is 7.90. The molecule has 3 aliphatic rings. The molecular formula is C26H45N5O5S. The normalized spacial score (nSPS) is 18.1. The van der Waals surface area contributed by atoms with E-state index in [0.717, 1.165) is 50.9 Å². The first kappa shape index (κ1) is 31.0. The van der Waals surface area contributed by atoms with Crippen molar-refractivity contribution >= 4 is 28.7 Å². The van der Waals surface area contributed by atoms with Gasteiger partial charge in [-0.25, -0.2) is 18.1 Å². The summed E-state index contributed by atoms with van der Waals surface area (Å²) in [6, 6.07) is 4.49. The number of carbonyl (C=O) groups is 2. The maximum Gasteiger partial charge on any atom is 0.290 e. The van der Waals surface area contributed by atoms with Crippen LogP contribution in [0.3, 0.4) is 0 Å². The minimum absolute atomic E-state index is 0.234. The number of nitrogens with zero attached hydrogens (tertiary/aromatic N) is 2. The number of anilines is 1. The molecule has 1 amide bonds. The lowest BCUT2D eigenvalue weighted by atomic mass is 10.0. The predicted molar refractivity (Wildman–Crippen MR) is 146 cm³/mol. The molecule has 1 aromatic heterocycles. The number of amides is 1. The maximum absolute atomic E-state index is 11.7. The minimum Gasteiger partial charge on any atom is -0.483 e. The number of pyridine rings is 1. The van der Waals surface area contributed by atoms with Gasteiger partial charge in [0.25, 0.3) is 6.47 Å². The fraction of sp³-hybridized carbons (Fsp3) is 0.731. The van der Waals surface area contributed by atoms with Crippen LogP contribution in [0.2, 0.25) is 0 Å². The summed E-state index contributed by atoms with van der Waals surface area (Å²) in [7, 11) is -3.17. The second-order valence-electron chi connectivity index (χ2n) is 9.72. The third-order valence-corrected chi connectivity index (χ3v) is 8.91. The summed E-state index contributed by atoms with van der Waals surface area (Å²) in [4.78, 5) is 25.7. The molecule has 37 heavy (non-hydrogen) atoms. The molecule has 0 bridgehead atoms. The highest BCUT2D eigenvalue weighted by atomic mass is 32.2. The smallest absolute Gasteiger partial charge is 0.290 e. The summed E-state index contributed by atoms with van der Waals surface area (Å²) in [6.07, 6.45) is 14.2. The van der Waals surface area contributed by atoms with Crippen molar-refractivity contribution in [3.63, 3.8) is 0 Å². The quantitative estimate of drug-likeness (QED) is 0.263. The molecule has 11 heteroatoms. The third kappa shape index (κ3) is 12.2. The van der Waals surface area contributed by atoms with Crippen LogP contribution in [0.15, 0.2) is 12.1 Å². The summed E-state index contributed by atoms with van der Waals surface area (Å²) >= 11 is 0. The first-order valence-corrected chi connectivity index (χ1v) is 15.2. The van der Waals surface area contributed by atoms with Crippen molar-refractivity contribution in [2.75, 3.05) is 44.6 Å². The summed E-state index contributed by atoms with van der Waals surface area (Å²) in [6.45, 7) is 5.30. The Balaban J connectivity index is 0.000000242. The molecule has 2 aliphatic heterocycles. The number of carboxylic acid groups (broad SMARTS) is 1. The molecule has 3 heterocycles. The van der Waals surface area contributed by atoms with Gasteiger partial charge >= 0.3 is 0 Å². The van der Waals surface area contributed by atoms with E-state index in [1.165, 1.54) is 69.4 Å². The zero-order valence-electron chi connectivity index (χ0n) is 22.0. The fourth-order valence-corrected chi connectivity index (χ4v) is 6.57. The Hall–Kier alpha value is -2.24. The fourth-order valence-electron chi connectivity index (χ4n) is 4.99. The van der Waals surface area contributed by atoms with Gasteiger partial charge in [0.2, 0.25) is 16.4 Å². The van der Waals surface area contributed by atoms with E-state index in [9.17, 15) is 13.2 Å². The molecule has 1 aliphatic carbocycles. The van der Waals surface area contributed by atoms with Gasteiger partial charge in [-0.3, -0.25) is 9.59 Å². The maximum atomic E-state index is 11.7. The van der Waals surface area contributed by atoms with Crippen LogP contribution in [0.4, 0.5) is 5.82 Å². The molecule has 4 rings (SSSR count). The molecule has 2 fully saturated rings. The van der Waals surface area contributed by atoms with Crippen molar-refractivity contribution in [2.24, 2.45) is 0 Å². The highest BCUT2D eigenvalue weighted by Gasteiger charge is 2.26. The van der Waals surface area contributed by atoms with Crippen molar-refractivity contribution < 1.29 is 23.1 Å². The van der Waals surface area contributed by atoms with Crippen LogP contribution >= 0.6 is 0 Å². The Morgan fingerprint density at radius 2 is 1.73 bits per heavy atom. The van der Waals surface area contributed by atoms with Crippen LogP contribution in [-0.2, 0) is 32.5 Å². The molecule has 10 nitrogen and oxygen atoms in total. The lowest BCUT2D eigenvalue weighted by molar-refractivity contribution is -0.122. The number of hydrogen-bond acceptors (Lipinski definition) is 7. The van der Waals surface area contributed by atoms with E-state index in [4.69, 9.17) is 14.9 Å². The molecule has 1 aromatic rings. The number of rotatable bonds is 10. The highest BCUT2D eigenvalue weighted by Crippen LogP contribution is 2.23. The lowest BCUT2D eigenvalue weighted by Crippen LogP contribution is -2.38. The van der Waals surface area contributed by atoms with Crippen molar-refractivity contribution in [3.05, 3.63) is 23.4 Å². The van der Waals surface area contributed by atoms with E-state index < -0.39 is 10.0 Å². The number of fused-ring (bicyclic) bond motifs is 1. The summed E-state index contributed by atoms with van der Waals surface area (Å²) in [5.41, 5.74) is 2.65. The Bertz CT molecular complexity index is 887. The van der Waals surface area contributed by atoms with Crippen LogP contribution in [0.25, 0.3) is 0 Å². The molecule has 0 aromatic carbocycles. The van der Waals surface area contributed by atoms with Gasteiger partial charge < -0.3 is 20.6 Å². The van der Waals surface area contributed by atoms with E-state index in [1.54, 1.807) is 0 Å². The monoisotopic (exact) mass is 539 g/mol. The van der Waals surface area contributed by atoms with Gasteiger partial charge in [0.15, 0.2) is 0 Å². The van der Waals surface area contributed by atoms with E-state index >= 15 is 0 Å². The molecular weight excluding hydrogens is 494 g/mol. The molecule has 0 spiro atoms. The average Bonchev–Trinajstić information content (AvgIpc) is 2.93. The lowest BCUT2D eigenvalue weighted by Gasteiger charge is -2.26. The number of nitrogens with one attached hydrogen (secondary N) is 3. The zero-order chi connectivity index (χ0) is 26.8. The predicted octanol–water partition coefficient (Wildman–Crippen LogP) is 2.54. The van der Waals surface area contributed by atoms with Crippen LogP contribution < -0.4 is 15.4 Å². The van der Waals surface area contributed by atoms with Crippen LogP contribution in [0.5, 0.6) is 0 Å². The molecule has 210 valence electrons. The number of carbonyl (C=O) groups excluding carboxylic acids is 1. The Morgan fingerprint density at radius 1 is 1.03 bits per heavy atom. The van der Waals surface area contributed by atoms with Crippen molar-refractivity contribution in [3.8, 4) is 0 Å². The average molecular weight is 540 g/mol. The SMILES string of the molecule is O=CNCCNS(=O)(=O)C1CCCCC1.O=CO.c1cc2c(nc1CCCN1CCCCC1)NCCC2. The first-order chi connectivity index (χ1) is 18.0. The number of hydrogen-bond donors (Lipinski definition) is 4. The van der Waals surface area contributed by atoms with Gasteiger partial charge in [-0.2, -0.15) is 0 Å². The van der Waals surface area contributed by atoms with Crippen LogP contribution in [-0.4, -0.2) is 80.8 Å². The Morgan fingerprint density at radius 3 is 2.43 bits per heavy atom. The standard InChI is InChI=1S/C16H25N3.C9H18N2O3S.CH2O2/c1-2-11-19(12-3-1)13-5-7-15-9-8-14-6-4-10-17-16(14)18-15;12-8-10-6-7-11-15(13,14)9-4-2-1-3-5-9;2-1-3/h8-9H,1-7,10-13H2,(H,17,18);8-9,11H,1-7H2,(H,10,12);1H,(H,2,3). The number of aromatic nitrogens is 1. The second kappa shape index (κ2) is 18.1. The number of sulfonamides is 1. The van der Waals surface area contributed by atoms with Crippen molar-refractivity contribution in [2.45, 2.75) is 82.3 Å². The molecule has 1 saturated heterocycles. The molecule has 0 unspecified atom stereocenters. The molecule has 0 radical (unpaired) electrons. The number of likely N-dealkylation sites (tertiary alicyclic amines) is 1. The van der Waals surface area contributed by atoms with E-state index in [-0.39, 0.29) is 18.3 Å². The van der Waals surface area contributed by atoms with Crippen molar-refractivity contribution in [1.82, 2.24) is 19.9 Å². The van der Waals surface area contributed by atoms with Crippen molar-refractivity contribution in [1.29, 1.82) is 0 Å². The Kier molecular flexibility index (Phi) is 15.1. The van der Waals surface area contributed by atoms with E-state index in [1.807, 2.05) is 0 Å². The molecule has 1 saturated carbocycles. The largest absolute Gasteiger partial charge is 0.483 e. The first-order valence-electron chi connectivity index (χ1n) is 13.7. The minimum atomic E-state index is -3.17. The van der Waals surface area contributed by atoms with Crippen LogP contribution in [0, 0.1) is 0 Å². The molecule has 4 N–H and O–H groups in total. The van der Waals surface area contributed by atoms with E-state index in [2.05, 4.69) is 32.4 Å². The van der Waals surface area contributed by atoms with E-state index in [0.29, 0.717) is 13.0 Å². The van der Waals surface area contributed by atoms with Crippen LogP contribution in [0.1, 0.15) is 75.5 Å². The molecule has 0 atom stereocenters. The third-order valence-electron chi connectivity index (χ3n) is 6.95. The van der Waals surface area contributed by atoms with Gasteiger partial charge in [0.1, 0.15) is 5.82 Å². The van der Waals surface area contributed by atoms with Gasteiger partial charge in [-0.1, -0.05) is 31.7 Å². The summed E-state index contributed by atoms with van der Waals surface area (Å²) in [5.74, 6) is 1.14.